The van der Waals surface area contributed by atoms with E-state index in [2.05, 4.69) is 135 Å². The fourth-order valence-corrected chi connectivity index (χ4v) is 9.32. The Labute approximate surface area is 263 Å². The molecule has 0 fully saturated rings. The van der Waals surface area contributed by atoms with Gasteiger partial charge in [0.25, 0.3) is 0 Å². The van der Waals surface area contributed by atoms with E-state index in [0.29, 0.717) is 0 Å². The van der Waals surface area contributed by atoms with Gasteiger partial charge in [0, 0.05) is 20.2 Å². The molecule has 0 aliphatic heterocycles. The summed E-state index contributed by atoms with van der Waals surface area (Å²) in [5.74, 6) is 0. The van der Waals surface area contributed by atoms with Gasteiger partial charge in [-0.05, 0) is 84.0 Å². The Kier molecular flexibility index (Phi) is 6.30. The number of hydrogen-bond acceptors (Lipinski definition) is 5. The molecule has 0 atom stereocenters. The van der Waals surface area contributed by atoms with Gasteiger partial charge in [-0.3, -0.25) is 0 Å². The zero-order valence-corrected chi connectivity index (χ0v) is 26.8. The predicted octanol–water partition coefficient (Wildman–Crippen LogP) is 12.0. The zero-order chi connectivity index (χ0) is 29.2. The smallest absolute Gasteiger partial charge is 0.0903 e. The number of nitrogens with zero attached hydrogens (tertiary/aromatic N) is 2. The van der Waals surface area contributed by atoms with Crippen LogP contribution < -0.4 is 0 Å². The molecule has 0 bridgehead atoms. The second kappa shape index (κ2) is 10.2. The molecule has 5 heteroatoms. The molecule has 208 valence electrons. The zero-order valence-electron chi connectivity index (χ0n) is 24.4. The van der Waals surface area contributed by atoms with Gasteiger partial charge in [0.05, 0.1) is 31.2 Å². The van der Waals surface area contributed by atoms with Crippen LogP contribution in [0.15, 0.2) is 97.1 Å². The molecule has 0 N–H and O–H groups in total. The van der Waals surface area contributed by atoms with Gasteiger partial charge in [0.1, 0.15) is 0 Å². The van der Waals surface area contributed by atoms with Gasteiger partial charge in [0.2, 0.25) is 0 Å². The van der Waals surface area contributed by atoms with Crippen molar-refractivity contribution in [3.63, 3.8) is 0 Å². The standard InChI is InChI=1S/C38H28N2S3/c1-21-37(41-23(3)39-21)27-13-9-25(10-14-27)29-17-18-32-34(19-29)43-35-20-33(30-7-5-6-8-31(30)36(32)35)26-11-15-28(16-12-26)38-22(2)40-24(4)42-38/h5-20H,1-4H3. The van der Waals surface area contributed by atoms with E-state index < -0.39 is 0 Å². The fraction of sp³-hybridized carbons (Fsp3) is 0.105. The molecular weight excluding hydrogens is 581 g/mol. The molecule has 3 aromatic heterocycles. The Bertz CT molecular complexity index is 2320. The largest absolute Gasteiger partial charge is 0.246 e. The summed E-state index contributed by atoms with van der Waals surface area (Å²) < 4.78 is 2.64. The number of thiophene rings is 1. The van der Waals surface area contributed by atoms with Gasteiger partial charge in [-0.15, -0.1) is 34.0 Å². The molecule has 8 rings (SSSR count). The van der Waals surface area contributed by atoms with Crippen molar-refractivity contribution in [2.24, 2.45) is 0 Å². The summed E-state index contributed by atoms with van der Waals surface area (Å²) in [4.78, 5) is 11.8. The SMILES string of the molecule is Cc1nc(C)c(-c2ccc(-c3ccc4c(c3)sc3cc(-c5ccc(-c6sc(C)nc6C)cc5)c5ccccc5c34)cc2)s1. The minimum absolute atomic E-state index is 1.10. The molecule has 0 saturated carbocycles. The van der Waals surface area contributed by atoms with Gasteiger partial charge in [-0.2, -0.15) is 0 Å². The fourth-order valence-electron chi connectivity index (χ4n) is 6.27. The van der Waals surface area contributed by atoms with E-state index in [1.54, 1.807) is 22.7 Å². The molecule has 0 aliphatic carbocycles. The number of fused-ring (bicyclic) bond motifs is 5. The highest BCUT2D eigenvalue weighted by Gasteiger charge is 2.15. The molecule has 0 aliphatic rings. The van der Waals surface area contributed by atoms with Crippen molar-refractivity contribution in [3.05, 3.63) is 118 Å². The molecule has 0 saturated heterocycles. The average Bonchev–Trinajstić information content (AvgIpc) is 3.68. The van der Waals surface area contributed by atoms with Crippen molar-refractivity contribution in [1.82, 2.24) is 9.97 Å². The van der Waals surface area contributed by atoms with Crippen molar-refractivity contribution in [2.45, 2.75) is 27.7 Å². The molecule has 5 aromatic carbocycles. The van der Waals surface area contributed by atoms with Crippen LogP contribution in [-0.4, -0.2) is 9.97 Å². The lowest BCUT2D eigenvalue weighted by molar-refractivity contribution is 1.20. The van der Waals surface area contributed by atoms with Crippen LogP contribution in [0.1, 0.15) is 21.4 Å². The van der Waals surface area contributed by atoms with Crippen LogP contribution >= 0.6 is 34.0 Å². The van der Waals surface area contributed by atoms with Crippen LogP contribution in [0.5, 0.6) is 0 Å². The van der Waals surface area contributed by atoms with E-state index >= 15 is 0 Å². The predicted molar refractivity (Wildman–Crippen MR) is 189 cm³/mol. The van der Waals surface area contributed by atoms with Crippen LogP contribution in [0.25, 0.3) is 74.1 Å². The number of benzene rings is 5. The van der Waals surface area contributed by atoms with Crippen molar-refractivity contribution in [1.29, 1.82) is 0 Å². The first kappa shape index (κ1) is 26.5. The third-order valence-electron chi connectivity index (χ3n) is 8.22. The van der Waals surface area contributed by atoms with Crippen LogP contribution in [-0.2, 0) is 0 Å². The van der Waals surface area contributed by atoms with Gasteiger partial charge in [-0.1, -0.05) is 84.9 Å². The Morgan fingerprint density at radius 1 is 0.442 bits per heavy atom. The topological polar surface area (TPSA) is 25.8 Å². The number of aromatic nitrogens is 2. The van der Waals surface area contributed by atoms with E-state index in [0.717, 1.165) is 21.4 Å². The van der Waals surface area contributed by atoms with Gasteiger partial charge in [0.15, 0.2) is 0 Å². The monoisotopic (exact) mass is 608 g/mol. The molecular formula is C38H28N2S3. The number of hydrogen-bond donors (Lipinski definition) is 0. The number of rotatable bonds is 4. The normalized spacial score (nSPS) is 11.7. The second-order valence-electron chi connectivity index (χ2n) is 11.1. The summed E-state index contributed by atoms with van der Waals surface area (Å²) >= 11 is 5.42. The van der Waals surface area contributed by atoms with Crippen molar-refractivity contribution in [3.8, 4) is 43.1 Å². The van der Waals surface area contributed by atoms with Crippen LogP contribution in [0.3, 0.4) is 0 Å². The number of aryl methyl sites for hydroxylation is 4. The lowest BCUT2D eigenvalue weighted by Gasteiger charge is -2.10. The van der Waals surface area contributed by atoms with Gasteiger partial charge < -0.3 is 0 Å². The molecule has 2 nitrogen and oxygen atoms in total. The maximum absolute atomic E-state index is 4.63. The molecule has 0 radical (unpaired) electrons. The molecule has 8 aromatic rings. The Balaban J connectivity index is 1.22. The van der Waals surface area contributed by atoms with Crippen molar-refractivity contribution in [2.75, 3.05) is 0 Å². The van der Waals surface area contributed by atoms with E-state index in [-0.39, 0.29) is 0 Å². The summed E-state index contributed by atoms with van der Waals surface area (Å²) in [6.45, 7) is 8.34. The molecule has 0 unspecified atom stereocenters. The maximum atomic E-state index is 4.63. The maximum Gasteiger partial charge on any atom is 0.0903 e. The third-order valence-corrected chi connectivity index (χ3v) is 11.6. The van der Waals surface area contributed by atoms with E-state index in [4.69, 9.17) is 0 Å². The van der Waals surface area contributed by atoms with E-state index in [9.17, 15) is 0 Å². The highest BCUT2D eigenvalue weighted by molar-refractivity contribution is 7.26. The first-order valence-electron chi connectivity index (χ1n) is 14.4. The molecule has 0 spiro atoms. The summed E-state index contributed by atoms with van der Waals surface area (Å²) in [7, 11) is 0. The highest BCUT2D eigenvalue weighted by atomic mass is 32.1. The minimum atomic E-state index is 1.10. The lowest BCUT2D eigenvalue weighted by Crippen LogP contribution is -1.84. The highest BCUT2D eigenvalue weighted by Crippen LogP contribution is 2.44. The lowest BCUT2D eigenvalue weighted by atomic mass is 9.94. The van der Waals surface area contributed by atoms with Gasteiger partial charge >= 0.3 is 0 Å². The summed E-state index contributed by atoms with van der Waals surface area (Å²) in [5, 5.41) is 7.50. The minimum Gasteiger partial charge on any atom is -0.246 e. The Morgan fingerprint density at radius 3 is 1.56 bits per heavy atom. The van der Waals surface area contributed by atoms with E-state index in [1.807, 2.05) is 11.3 Å². The summed E-state index contributed by atoms with van der Waals surface area (Å²) in [5.41, 5.74) is 9.68. The Hall–Kier alpha value is -4.16. The quantitative estimate of drug-likeness (QED) is 0.199. The Morgan fingerprint density at radius 2 is 0.977 bits per heavy atom. The van der Waals surface area contributed by atoms with Gasteiger partial charge in [-0.25, -0.2) is 9.97 Å². The van der Waals surface area contributed by atoms with Crippen LogP contribution in [0.2, 0.25) is 0 Å². The van der Waals surface area contributed by atoms with Crippen molar-refractivity contribution < 1.29 is 0 Å². The van der Waals surface area contributed by atoms with Crippen LogP contribution in [0, 0.1) is 27.7 Å². The van der Waals surface area contributed by atoms with E-state index in [1.165, 1.54) is 74.1 Å². The average molecular weight is 609 g/mol. The second-order valence-corrected chi connectivity index (χ2v) is 14.6. The molecule has 0 amide bonds. The van der Waals surface area contributed by atoms with Crippen LogP contribution in [0.4, 0.5) is 0 Å². The molecule has 3 heterocycles. The summed E-state index contributed by atoms with van der Waals surface area (Å²) in [6.07, 6.45) is 0. The summed E-state index contributed by atoms with van der Waals surface area (Å²) in [6, 6.07) is 36.2. The third kappa shape index (κ3) is 4.51. The first-order chi connectivity index (χ1) is 20.9. The van der Waals surface area contributed by atoms with Crippen molar-refractivity contribution >= 4 is 65.0 Å². The first-order valence-corrected chi connectivity index (χ1v) is 16.9. The molecule has 43 heavy (non-hydrogen) atoms. The number of thiazole rings is 2.